The number of hydrogen-bond donors (Lipinski definition) is 1. The van der Waals surface area contributed by atoms with Gasteiger partial charge in [0, 0.05) is 22.8 Å². The minimum Gasteiger partial charge on any atom is -0.366 e. The Morgan fingerprint density at radius 2 is 1.53 bits per heavy atom. The monoisotopic (exact) mass is 442 g/mol. The lowest BCUT2D eigenvalue weighted by atomic mass is 10.2. The molecule has 3 aromatic rings. The third kappa shape index (κ3) is 5.05. The van der Waals surface area contributed by atoms with Crippen molar-refractivity contribution in [3.05, 3.63) is 99.6 Å². The Bertz CT molecular complexity index is 1180. The van der Waals surface area contributed by atoms with Crippen LogP contribution in [0.25, 0.3) is 0 Å². The van der Waals surface area contributed by atoms with Gasteiger partial charge in [-0.25, -0.2) is 8.42 Å². The van der Waals surface area contributed by atoms with E-state index in [1.165, 1.54) is 6.07 Å². The van der Waals surface area contributed by atoms with Crippen LogP contribution in [0.1, 0.15) is 21.5 Å². The van der Waals surface area contributed by atoms with E-state index in [0.717, 1.165) is 23.4 Å². The molecule has 154 valence electrons. The molecule has 1 amide bonds. The van der Waals surface area contributed by atoms with Crippen LogP contribution < -0.4 is 5.73 Å². The van der Waals surface area contributed by atoms with Crippen molar-refractivity contribution in [3.63, 3.8) is 0 Å². The zero-order valence-electron chi connectivity index (χ0n) is 15.7. The van der Waals surface area contributed by atoms with Gasteiger partial charge < -0.3 is 5.73 Å². The molecule has 0 saturated heterocycles. The quantitative estimate of drug-likeness (QED) is 0.320. The number of benzene rings is 3. The van der Waals surface area contributed by atoms with Gasteiger partial charge in [-0.2, -0.15) is 0 Å². The topological polar surface area (TPSA) is 120 Å². The molecule has 0 bridgehead atoms. The fourth-order valence-electron chi connectivity index (χ4n) is 2.89. The molecule has 3 aromatic carbocycles. The molecule has 0 heterocycles. The number of primary amides is 1. The lowest BCUT2D eigenvalue weighted by molar-refractivity contribution is -0.385. The van der Waals surface area contributed by atoms with Gasteiger partial charge in [-0.05, 0) is 11.1 Å². The lowest BCUT2D eigenvalue weighted by Crippen LogP contribution is -2.19. The highest BCUT2D eigenvalue weighted by atomic mass is 32.2. The molecular formula is C21H18N2O5S2. The van der Waals surface area contributed by atoms with Crippen LogP contribution >= 0.6 is 11.8 Å². The predicted octanol–water partition coefficient (Wildman–Crippen LogP) is 3.96. The summed E-state index contributed by atoms with van der Waals surface area (Å²) in [7, 11) is -4.07. The summed E-state index contributed by atoms with van der Waals surface area (Å²) in [4.78, 5) is 22.7. The molecule has 0 saturated carbocycles. The molecule has 0 aliphatic rings. The molecule has 30 heavy (non-hydrogen) atoms. The number of carbonyl (C=O) groups excluding carboxylic acids is 1. The summed E-state index contributed by atoms with van der Waals surface area (Å²) in [5.74, 6) is -0.967. The second kappa shape index (κ2) is 9.10. The smallest absolute Gasteiger partial charge is 0.271 e. The number of sulfone groups is 1. The number of non-ortho nitro benzene ring substituents is 1. The van der Waals surface area contributed by atoms with E-state index in [2.05, 4.69) is 0 Å². The van der Waals surface area contributed by atoms with E-state index < -0.39 is 37.0 Å². The summed E-state index contributed by atoms with van der Waals surface area (Å²) < 4.78 is 26.2. The maximum Gasteiger partial charge on any atom is 0.271 e. The van der Waals surface area contributed by atoms with E-state index in [4.69, 9.17) is 5.73 Å². The molecule has 7 nitrogen and oxygen atoms in total. The number of carbonyl (C=O) groups is 1. The van der Waals surface area contributed by atoms with Crippen molar-refractivity contribution in [1.82, 2.24) is 0 Å². The van der Waals surface area contributed by atoms with Crippen LogP contribution in [0.2, 0.25) is 0 Å². The van der Waals surface area contributed by atoms with Crippen LogP contribution in [0.3, 0.4) is 0 Å². The summed E-state index contributed by atoms with van der Waals surface area (Å²) in [6, 6.07) is 19.7. The summed E-state index contributed by atoms with van der Waals surface area (Å²) in [5.41, 5.74) is 6.29. The second-order valence-corrected chi connectivity index (χ2v) is 9.43. The predicted molar refractivity (Wildman–Crippen MR) is 115 cm³/mol. The summed E-state index contributed by atoms with van der Waals surface area (Å²) in [6.45, 7) is 0. The van der Waals surface area contributed by atoms with Gasteiger partial charge in [0.05, 0.1) is 21.1 Å². The standard InChI is InChI=1S/C21H18N2O5S2/c22-21(24)20-18(29-13-15-7-3-1-4-8-15)11-17(23(25)26)12-19(20)30(27,28)14-16-9-5-2-6-10-16/h1-12H,13-14H2,(H2,22,24). The van der Waals surface area contributed by atoms with Crippen molar-refractivity contribution in [2.24, 2.45) is 5.73 Å². The highest BCUT2D eigenvalue weighted by Crippen LogP contribution is 2.35. The van der Waals surface area contributed by atoms with E-state index in [1.54, 1.807) is 30.3 Å². The summed E-state index contributed by atoms with van der Waals surface area (Å²) >= 11 is 1.13. The highest BCUT2D eigenvalue weighted by Gasteiger charge is 2.28. The first-order valence-electron chi connectivity index (χ1n) is 8.83. The Balaban J connectivity index is 2.09. The minimum absolute atomic E-state index is 0.159. The van der Waals surface area contributed by atoms with Crippen molar-refractivity contribution < 1.29 is 18.1 Å². The number of hydrogen-bond acceptors (Lipinski definition) is 6. The molecular weight excluding hydrogens is 424 g/mol. The van der Waals surface area contributed by atoms with Crippen LogP contribution in [0, 0.1) is 10.1 Å². The van der Waals surface area contributed by atoms with E-state index in [1.807, 2.05) is 30.3 Å². The Kier molecular flexibility index (Phi) is 6.53. The summed E-state index contributed by atoms with van der Waals surface area (Å²) in [5, 5.41) is 11.4. The molecule has 0 aliphatic heterocycles. The fraction of sp³-hybridized carbons (Fsp3) is 0.0952. The number of thioether (sulfide) groups is 1. The van der Waals surface area contributed by atoms with E-state index in [9.17, 15) is 23.3 Å². The normalized spacial score (nSPS) is 11.2. The molecule has 0 aromatic heterocycles. The molecule has 2 N–H and O–H groups in total. The van der Waals surface area contributed by atoms with Gasteiger partial charge in [0.25, 0.3) is 11.6 Å². The van der Waals surface area contributed by atoms with Crippen LogP contribution in [0.4, 0.5) is 5.69 Å². The van der Waals surface area contributed by atoms with Crippen molar-refractivity contribution in [3.8, 4) is 0 Å². The van der Waals surface area contributed by atoms with Gasteiger partial charge in [0.15, 0.2) is 9.84 Å². The fourth-order valence-corrected chi connectivity index (χ4v) is 5.64. The van der Waals surface area contributed by atoms with E-state index >= 15 is 0 Å². The number of amides is 1. The number of nitro benzene ring substituents is 1. The lowest BCUT2D eigenvalue weighted by Gasteiger charge is -2.13. The zero-order chi connectivity index (χ0) is 21.7. The average Bonchev–Trinajstić information content (AvgIpc) is 2.72. The van der Waals surface area contributed by atoms with Crippen molar-refractivity contribution in [2.45, 2.75) is 21.3 Å². The molecule has 0 atom stereocenters. The van der Waals surface area contributed by atoms with Crippen LogP contribution in [0.15, 0.2) is 82.6 Å². The molecule has 0 radical (unpaired) electrons. The highest BCUT2D eigenvalue weighted by molar-refractivity contribution is 7.98. The van der Waals surface area contributed by atoms with Crippen molar-refractivity contribution in [1.29, 1.82) is 0 Å². The van der Waals surface area contributed by atoms with Crippen molar-refractivity contribution in [2.75, 3.05) is 0 Å². The molecule has 9 heteroatoms. The molecule has 3 rings (SSSR count). The van der Waals surface area contributed by atoms with Gasteiger partial charge in [-0.1, -0.05) is 60.7 Å². The Morgan fingerprint density at radius 3 is 2.07 bits per heavy atom. The third-order valence-electron chi connectivity index (χ3n) is 4.28. The first-order valence-corrected chi connectivity index (χ1v) is 11.5. The average molecular weight is 443 g/mol. The zero-order valence-corrected chi connectivity index (χ0v) is 17.4. The van der Waals surface area contributed by atoms with Gasteiger partial charge in [0.2, 0.25) is 0 Å². The van der Waals surface area contributed by atoms with Gasteiger partial charge in [-0.15, -0.1) is 11.8 Å². The number of nitrogens with zero attached hydrogens (tertiary/aromatic N) is 1. The Labute approximate surface area is 178 Å². The van der Waals surface area contributed by atoms with Gasteiger partial charge >= 0.3 is 0 Å². The van der Waals surface area contributed by atoms with Crippen molar-refractivity contribution >= 4 is 33.2 Å². The maximum absolute atomic E-state index is 13.1. The largest absolute Gasteiger partial charge is 0.366 e. The van der Waals surface area contributed by atoms with Crippen LogP contribution in [-0.4, -0.2) is 19.2 Å². The molecule has 0 fully saturated rings. The number of nitrogens with two attached hydrogens (primary N) is 1. The van der Waals surface area contributed by atoms with Gasteiger partial charge in [-0.3, -0.25) is 14.9 Å². The second-order valence-electron chi connectivity index (χ2n) is 6.46. The van der Waals surface area contributed by atoms with E-state index in [0.29, 0.717) is 11.3 Å². The maximum atomic E-state index is 13.1. The Hall–Kier alpha value is -3.17. The molecule has 0 aliphatic carbocycles. The number of nitro groups is 1. The third-order valence-corrected chi connectivity index (χ3v) is 7.10. The molecule has 0 unspecified atom stereocenters. The SMILES string of the molecule is NC(=O)c1c(SCc2ccccc2)cc([N+](=O)[O-])cc1S(=O)(=O)Cc1ccccc1. The minimum atomic E-state index is -4.07. The first kappa shape index (κ1) is 21.5. The Morgan fingerprint density at radius 1 is 0.967 bits per heavy atom. The number of rotatable bonds is 8. The van der Waals surface area contributed by atoms with Crippen LogP contribution in [-0.2, 0) is 21.3 Å². The summed E-state index contributed by atoms with van der Waals surface area (Å²) in [6.07, 6.45) is 0. The van der Waals surface area contributed by atoms with Crippen LogP contribution in [0.5, 0.6) is 0 Å². The van der Waals surface area contributed by atoms with Gasteiger partial charge in [0.1, 0.15) is 0 Å². The first-order chi connectivity index (χ1) is 14.3. The molecule has 0 spiro atoms. The van der Waals surface area contributed by atoms with E-state index in [-0.39, 0.29) is 10.5 Å².